The molecule has 0 radical (unpaired) electrons. The van der Waals surface area contributed by atoms with Crippen LogP contribution in [0.5, 0.6) is 0 Å². The zero-order valence-electron chi connectivity index (χ0n) is 11.9. The van der Waals surface area contributed by atoms with Crippen LogP contribution in [0.4, 0.5) is 0 Å². The van der Waals surface area contributed by atoms with Crippen molar-refractivity contribution in [2.45, 2.75) is 13.5 Å². The minimum absolute atomic E-state index is 0.243. The van der Waals surface area contributed by atoms with Gasteiger partial charge >= 0.3 is 5.97 Å². The van der Waals surface area contributed by atoms with Crippen molar-refractivity contribution >= 4 is 17.6 Å². The van der Waals surface area contributed by atoms with Crippen LogP contribution in [0.1, 0.15) is 22.8 Å². The number of aromatic nitrogens is 2. The van der Waals surface area contributed by atoms with Gasteiger partial charge < -0.3 is 9.30 Å². The van der Waals surface area contributed by atoms with Crippen molar-refractivity contribution in [2.24, 2.45) is 4.99 Å². The Kier molecular flexibility index (Phi) is 5.28. The molecule has 2 aromatic rings. The summed E-state index contributed by atoms with van der Waals surface area (Å²) in [6.07, 6.45) is 5.07. The van der Waals surface area contributed by atoms with Crippen LogP contribution in [0.15, 0.2) is 41.7 Å². The summed E-state index contributed by atoms with van der Waals surface area (Å²) in [5, 5.41) is 9.27. The second-order valence-corrected chi connectivity index (χ2v) is 4.68. The standard InChI is InChI=1S/C15H13ClN4O2/c1-2-22-15(21)12-4-3-7-20(14(12)19-10-17)9-11-5-6-13(16)18-8-11/h3-8H,2,9H2,1H3/b19-14+. The molecule has 0 saturated heterocycles. The summed E-state index contributed by atoms with van der Waals surface area (Å²) in [4.78, 5) is 19.7. The molecule has 0 aliphatic carbocycles. The second-order valence-electron chi connectivity index (χ2n) is 4.29. The van der Waals surface area contributed by atoms with Crippen LogP contribution < -0.4 is 5.49 Å². The Balaban J connectivity index is 2.45. The molecule has 6 nitrogen and oxygen atoms in total. The molecule has 7 heteroatoms. The molecule has 0 fully saturated rings. The third kappa shape index (κ3) is 3.71. The van der Waals surface area contributed by atoms with Gasteiger partial charge in [-0.25, -0.2) is 9.78 Å². The first-order valence-electron chi connectivity index (χ1n) is 6.55. The molecule has 2 heterocycles. The highest BCUT2D eigenvalue weighted by molar-refractivity contribution is 6.29. The quantitative estimate of drug-likeness (QED) is 0.491. The number of pyridine rings is 2. The maximum Gasteiger partial charge on any atom is 0.341 e. The number of nitrogens with zero attached hydrogens (tertiary/aromatic N) is 4. The number of hydrogen-bond acceptors (Lipinski definition) is 5. The SMILES string of the molecule is CCOC(=O)c1cccn(Cc2ccc(Cl)nc2)/c1=N/C#N. The van der Waals surface area contributed by atoms with E-state index in [1.165, 1.54) is 0 Å². The van der Waals surface area contributed by atoms with E-state index in [2.05, 4.69) is 9.98 Å². The van der Waals surface area contributed by atoms with Crippen LogP contribution >= 0.6 is 11.6 Å². The van der Waals surface area contributed by atoms with Crippen LogP contribution in [0.25, 0.3) is 0 Å². The number of rotatable bonds is 4. The molecule has 0 unspecified atom stereocenters. The summed E-state index contributed by atoms with van der Waals surface area (Å²) in [5.41, 5.74) is 1.36. The first-order chi connectivity index (χ1) is 10.7. The fourth-order valence-corrected chi connectivity index (χ4v) is 2.02. The Labute approximate surface area is 132 Å². The lowest BCUT2D eigenvalue weighted by Crippen LogP contribution is -2.28. The minimum Gasteiger partial charge on any atom is -0.462 e. The molecule has 2 aromatic heterocycles. The molecular weight excluding hydrogens is 304 g/mol. The smallest absolute Gasteiger partial charge is 0.341 e. The Morgan fingerprint density at radius 3 is 2.95 bits per heavy atom. The first kappa shape index (κ1) is 15.7. The van der Waals surface area contributed by atoms with Crippen molar-refractivity contribution in [1.29, 1.82) is 5.26 Å². The Morgan fingerprint density at radius 1 is 1.50 bits per heavy atom. The molecule has 0 atom stereocenters. The zero-order valence-corrected chi connectivity index (χ0v) is 12.6. The van der Waals surface area contributed by atoms with E-state index in [0.717, 1.165) is 5.56 Å². The molecule has 0 N–H and O–H groups in total. The van der Waals surface area contributed by atoms with Crippen molar-refractivity contribution in [3.05, 3.63) is 58.4 Å². The van der Waals surface area contributed by atoms with E-state index in [4.69, 9.17) is 21.6 Å². The summed E-state index contributed by atoms with van der Waals surface area (Å²) >= 11 is 5.76. The largest absolute Gasteiger partial charge is 0.462 e. The van der Waals surface area contributed by atoms with E-state index in [9.17, 15) is 4.79 Å². The Bertz CT molecular complexity index is 775. The highest BCUT2D eigenvalue weighted by Gasteiger charge is 2.12. The summed E-state index contributed by atoms with van der Waals surface area (Å²) < 4.78 is 6.67. The van der Waals surface area contributed by atoms with Gasteiger partial charge in [0.15, 0.2) is 5.49 Å². The second kappa shape index (κ2) is 7.38. The van der Waals surface area contributed by atoms with Gasteiger partial charge in [-0.1, -0.05) is 17.7 Å². The topological polar surface area (TPSA) is 80.3 Å². The molecule has 0 spiro atoms. The first-order valence-corrected chi connectivity index (χ1v) is 6.93. The number of nitriles is 1. The normalized spacial score (nSPS) is 11.0. The molecule has 112 valence electrons. The summed E-state index contributed by atoms with van der Waals surface area (Å²) in [7, 11) is 0. The van der Waals surface area contributed by atoms with Crippen LogP contribution in [0, 0.1) is 11.5 Å². The molecule has 0 aromatic carbocycles. The molecule has 0 aliphatic rings. The predicted molar refractivity (Wildman–Crippen MR) is 79.9 cm³/mol. The van der Waals surface area contributed by atoms with Crippen molar-refractivity contribution < 1.29 is 9.53 Å². The number of esters is 1. The number of hydrogen-bond donors (Lipinski definition) is 0. The minimum atomic E-state index is -0.514. The predicted octanol–water partition coefficient (Wildman–Crippen LogP) is 2.14. The van der Waals surface area contributed by atoms with Crippen molar-refractivity contribution in [2.75, 3.05) is 6.61 Å². The number of carbonyl (C=O) groups excluding carboxylic acids is 1. The van der Waals surface area contributed by atoms with E-state index in [1.807, 2.05) is 6.07 Å². The van der Waals surface area contributed by atoms with E-state index >= 15 is 0 Å². The monoisotopic (exact) mass is 316 g/mol. The summed E-state index contributed by atoms with van der Waals surface area (Å²) in [5.74, 6) is -0.514. The summed E-state index contributed by atoms with van der Waals surface area (Å²) in [6.45, 7) is 2.37. The Morgan fingerprint density at radius 2 is 2.32 bits per heavy atom. The van der Waals surface area contributed by atoms with Crippen LogP contribution in [0.2, 0.25) is 5.15 Å². The van der Waals surface area contributed by atoms with Crippen molar-refractivity contribution in [3.63, 3.8) is 0 Å². The molecular formula is C15H13ClN4O2. The molecule has 0 aliphatic heterocycles. The lowest BCUT2D eigenvalue weighted by atomic mass is 10.2. The molecule has 22 heavy (non-hydrogen) atoms. The molecule has 0 saturated carbocycles. The van der Waals surface area contributed by atoms with Crippen LogP contribution in [-0.2, 0) is 11.3 Å². The van der Waals surface area contributed by atoms with Gasteiger partial charge in [0.25, 0.3) is 0 Å². The maximum absolute atomic E-state index is 12.0. The summed E-state index contributed by atoms with van der Waals surface area (Å²) in [6, 6.07) is 6.76. The number of carbonyl (C=O) groups is 1. The van der Waals surface area contributed by atoms with Gasteiger partial charge in [-0.15, -0.1) is 0 Å². The van der Waals surface area contributed by atoms with Gasteiger partial charge in [0, 0.05) is 12.4 Å². The van der Waals surface area contributed by atoms with E-state index in [1.54, 1.807) is 48.3 Å². The fraction of sp³-hybridized carbons (Fsp3) is 0.200. The van der Waals surface area contributed by atoms with Gasteiger partial charge in [0.2, 0.25) is 6.19 Å². The number of ether oxygens (including phenoxy) is 1. The lowest BCUT2D eigenvalue weighted by molar-refractivity contribution is 0.0523. The zero-order chi connectivity index (χ0) is 15.9. The van der Waals surface area contributed by atoms with E-state index in [-0.39, 0.29) is 17.7 Å². The average molecular weight is 317 g/mol. The molecule has 0 amide bonds. The molecule has 0 bridgehead atoms. The van der Waals surface area contributed by atoms with E-state index < -0.39 is 5.97 Å². The number of halogens is 1. The van der Waals surface area contributed by atoms with Crippen LogP contribution in [0.3, 0.4) is 0 Å². The lowest BCUT2D eigenvalue weighted by Gasteiger charge is -2.10. The third-order valence-corrected chi connectivity index (χ3v) is 3.06. The van der Waals surface area contributed by atoms with Gasteiger partial charge in [-0.05, 0) is 30.7 Å². The van der Waals surface area contributed by atoms with Crippen molar-refractivity contribution in [3.8, 4) is 6.19 Å². The average Bonchev–Trinajstić information content (AvgIpc) is 2.51. The Hall–Kier alpha value is -2.65. The highest BCUT2D eigenvalue weighted by Crippen LogP contribution is 2.06. The fourth-order valence-electron chi connectivity index (χ4n) is 1.91. The van der Waals surface area contributed by atoms with Gasteiger partial charge in [0.05, 0.1) is 13.2 Å². The van der Waals surface area contributed by atoms with Crippen molar-refractivity contribution in [1.82, 2.24) is 9.55 Å². The van der Waals surface area contributed by atoms with Gasteiger partial charge in [0.1, 0.15) is 10.7 Å². The highest BCUT2D eigenvalue weighted by atomic mass is 35.5. The van der Waals surface area contributed by atoms with E-state index in [0.29, 0.717) is 11.7 Å². The molecule has 2 rings (SSSR count). The van der Waals surface area contributed by atoms with Gasteiger partial charge in [-0.2, -0.15) is 10.3 Å². The van der Waals surface area contributed by atoms with Crippen LogP contribution in [-0.4, -0.2) is 22.1 Å². The maximum atomic E-state index is 12.0. The van der Waals surface area contributed by atoms with Gasteiger partial charge in [-0.3, -0.25) is 0 Å². The third-order valence-electron chi connectivity index (χ3n) is 2.83.